The molecule has 0 heterocycles. The molecule has 44 valence electrons. The average molecular weight is 122 g/mol. The molecule has 0 aliphatic heterocycles. The van der Waals surface area contributed by atoms with Gasteiger partial charge in [0.25, 0.3) is 0 Å². The van der Waals surface area contributed by atoms with Crippen molar-refractivity contribution < 1.29 is 0 Å². The largest absolute Gasteiger partial charge is 0.308 e. The summed E-state index contributed by atoms with van der Waals surface area (Å²) in [5.74, 6) is 0. The van der Waals surface area contributed by atoms with Crippen LogP contribution in [0.5, 0.6) is 0 Å². The van der Waals surface area contributed by atoms with Crippen LogP contribution in [0.4, 0.5) is 0 Å². The predicted molar refractivity (Wildman–Crippen MR) is 33.9 cm³/mol. The summed E-state index contributed by atoms with van der Waals surface area (Å²) < 4.78 is 0. The molecular weight excluding hydrogens is 110 g/mol. The molecule has 7 heavy (non-hydrogen) atoms. The van der Waals surface area contributed by atoms with Crippen molar-refractivity contribution in [3.8, 4) is 0 Å². The lowest BCUT2D eigenvalue weighted by molar-refractivity contribution is 0.411. The van der Waals surface area contributed by atoms with Gasteiger partial charge in [0.2, 0.25) is 0 Å². The molecule has 0 N–H and O–H groups in total. The molecule has 0 amide bonds. The Morgan fingerprint density at radius 2 is 2.00 bits per heavy atom. The number of hydrogen-bond donors (Lipinski definition) is 0. The van der Waals surface area contributed by atoms with E-state index < -0.39 is 0 Å². The summed E-state index contributed by atoms with van der Waals surface area (Å²) in [5.41, 5.74) is 0. The van der Waals surface area contributed by atoms with E-state index in [-0.39, 0.29) is 5.38 Å². The Balaban J connectivity index is 2.95. The molecule has 0 unspecified atom stereocenters. The molecule has 0 saturated heterocycles. The van der Waals surface area contributed by atoms with Crippen LogP contribution in [0.25, 0.3) is 0 Å². The Labute approximate surface area is 50.3 Å². The molecule has 0 aromatic rings. The van der Waals surface area contributed by atoms with Gasteiger partial charge in [-0.3, -0.25) is 0 Å². The van der Waals surface area contributed by atoms with Gasteiger partial charge in [0.15, 0.2) is 0 Å². The maximum Gasteiger partial charge on any atom is 0.0434 e. The molecule has 0 fully saturated rings. The highest BCUT2D eigenvalue weighted by Gasteiger charge is 1.94. The van der Waals surface area contributed by atoms with Crippen LogP contribution in [0.2, 0.25) is 0 Å². The monoisotopic (exact) mass is 121 g/mol. The quantitative estimate of drug-likeness (QED) is 0.496. The van der Waals surface area contributed by atoms with Crippen LogP contribution in [0.1, 0.15) is 6.92 Å². The number of alkyl halides is 1. The minimum Gasteiger partial charge on any atom is -0.308 e. The van der Waals surface area contributed by atoms with Gasteiger partial charge in [-0.15, -0.1) is 11.6 Å². The molecule has 1 atom stereocenters. The van der Waals surface area contributed by atoms with E-state index >= 15 is 0 Å². The zero-order valence-electron chi connectivity index (χ0n) is 5.11. The first kappa shape index (κ1) is 7.25. The SMILES string of the molecule is C[C@@H](Cl)CN(C)C. The van der Waals surface area contributed by atoms with Gasteiger partial charge in [-0.25, -0.2) is 0 Å². The fourth-order valence-electron chi connectivity index (χ4n) is 0.503. The van der Waals surface area contributed by atoms with Crippen molar-refractivity contribution in [2.45, 2.75) is 12.3 Å². The topological polar surface area (TPSA) is 3.24 Å². The normalized spacial score (nSPS) is 15.0. The van der Waals surface area contributed by atoms with Gasteiger partial charge >= 0.3 is 0 Å². The minimum atomic E-state index is 0.273. The molecule has 0 aromatic heterocycles. The Bertz CT molecular complexity index is 37.3. The van der Waals surface area contributed by atoms with Gasteiger partial charge in [-0.05, 0) is 21.0 Å². The summed E-state index contributed by atoms with van der Waals surface area (Å²) in [6.45, 7) is 2.95. The molecule has 0 spiro atoms. The molecule has 0 bridgehead atoms. The molecule has 0 aliphatic rings. The highest BCUT2D eigenvalue weighted by Crippen LogP contribution is 1.92. The molecule has 1 nitrogen and oxygen atoms in total. The van der Waals surface area contributed by atoms with E-state index in [1.807, 2.05) is 21.0 Å². The third-order valence-corrected chi connectivity index (χ3v) is 0.755. The zero-order chi connectivity index (χ0) is 5.86. The second kappa shape index (κ2) is 3.28. The number of nitrogens with zero attached hydrogens (tertiary/aromatic N) is 1. The van der Waals surface area contributed by atoms with Crippen molar-refractivity contribution >= 4 is 11.6 Å². The Kier molecular flexibility index (Phi) is 3.39. The highest BCUT2D eigenvalue weighted by atomic mass is 35.5. The number of rotatable bonds is 2. The van der Waals surface area contributed by atoms with Crippen LogP contribution >= 0.6 is 11.6 Å². The first-order valence-corrected chi connectivity index (χ1v) is 2.85. The molecule has 0 aromatic carbocycles. The number of halogens is 1. The Hall–Kier alpha value is 0.250. The lowest BCUT2D eigenvalue weighted by Gasteiger charge is -2.09. The van der Waals surface area contributed by atoms with Crippen molar-refractivity contribution in [1.29, 1.82) is 0 Å². The number of hydrogen-bond acceptors (Lipinski definition) is 1. The van der Waals surface area contributed by atoms with Gasteiger partial charge in [0, 0.05) is 11.9 Å². The smallest absolute Gasteiger partial charge is 0.0434 e. The molecule has 0 aliphatic carbocycles. The predicted octanol–water partition coefficient (Wildman–Crippen LogP) is 1.18. The van der Waals surface area contributed by atoms with Crippen LogP contribution in [-0.4, -0.2) is 30.9 Å². The summed E-state index contributed by atoms with van der Waals surface area (Å²) in [6.07, 6.45) is 0. The van der Waals surface area contributed by atoms with Gasteiger partial charge < -0.3 is 4.90 Å². The standard InChI is InChI=1S/C5H12ClN/c1-5(6)4-7(2)3/h5H,4H2,1-3H3/t5-/m1/s1. The van der Waals surface area contributed by atoms with Crippen LogP contribution < -0.4 is 0 Å². The van der Waals surface area contributed by atoms with E-state index in [1.165, 1.54) is 0 Å². The molecule has 0 rings (SSSR count). The first-order valence-electron chi connectivity index (χ1n) is 2.41. The maximum absolute atomic E-state index is 5.63. The van der Waals surface area contributed by atoms with Crippen LogP contribution in [-0.2, 0) is 0 Å². The van der Waals surface area contributed by atoms with E-state index in [9.17, 15) is 0 Å². The molecule has 0 saturated carbocycles. The van der Waals surface area contributed by atoms with E-state index in [0.29, 0.717) is 0 Å². The summed E-state index contributed by atoms with van der Waals surface area (Å²) in [5, 5.41) is 0.273. The van der Waals surface area contributed by atoms with Crippen molar-refractivity contribution in [2.75, 3.05) is 20.6 Å². The van der Waals surface area contributed by atoms with Crippen molar-refractivity contribution in [2.24, 2.45) is 0 Å². The van der Waals surface area contributed by atoms with Crippen LogP contribution in [0.3, 0.4) is 0 Å². The minimum absolute atomic E-state index is 0.273. The maximum atomic E-state index is 5.63. The summed E-state index contributed by atoms with van der Waals surface area (Å²) in [6, 6.07) is 0. The molecule has 0 radical (unpaired) electrons. The fraction of sp³-hybridized carbons (Fsp3) is 1.00. The Morgan fingerprint density at radius 3 is 2.00 bits per heavy atom. The molecule has 2 heteroatoms. The zero-order valence-corrected chi connectivity index (χ0v) is 5.87. The van der Waals surface area contributed by atoms with Crippen LogP contribution in [0.15, 0.2) is 0 Å². The third-order valence-electron chi connectivity index (χ3n) is 0.617. The summed E-state index contributed by atoms with van der Waals surface area (Å²) in [7, 11) is 4.03. The van der Waals surface area contributed by atoms with Crippen molar-refractivity contribution in [3.05, 3.63) is 0 Å². The van der Waals surface area contributed by atoms with E-state index in [0.717, 1.165) is 6.54 Å². The highest BCUT2D eigenvalue weighted by molar-refractivity contribution is 6.20. The third kappa shape index (κ3) is 6.25. The van der Waals surface area contributed by atoms with Crippen molar-refractivity contribution in [1.82, 2.24) is 4.90 Å². The van der Waals surface area contributed by atoms with Gasteiger partial charge in [-0.1, -0.05) is 0 Å². The van der Waals surface area contributed by atoms with E-state index in [4.69, 9.17) is 11.6 Å². The summed E-state index contributed by atoms with van der Waals surface area (Å²) >= 11 is 5.63. The molecular formula is C5H12ClN. The average Bonchev–Trinajstić information content (AvgIpc) is 1.27. The second-order valence-corrected chi connectivity index (χ2v) is 2.79. The second-order valence-electron chi connectivity index (χ2n) is 2.04. The fourth-order valence-corrected chi connectivity index (χ4v) is 0.779. The van der Waals surface area contributed by atoms with Gasteiger partial charge in [0.05, 0.1) is 0 Å². The van der Waals surface area contributed by atoms with Gasteiger partial charge in [0.1, 0.15) is 0 Å². The summed E-state index contributed by atoms with van der Waals surface area (Å²) in [4.78, 5) is 2.07. The lowest BCUT2D eigenvalue weighted by Crippen LogP contribution is -2.19. The Morgan fingerprint density at radius 1 is 1.57 bits per heavy atom. The van der Waals surface area contributed by atoms with Crippen molar-refractivity contribution in [3.63, 3.8) is 0 Å². The lowest BCUT2D eigenvalue weighted by atomic mass is 10.4. The van der Waals surface area contributed by atoms with E-state index in [1.54, 1.807) is 0 Å². The first-order chi connectivity index (χ1) is 3.13. The van der Waals surface area contributed by atoms with Gasteiger partial charge in [-0.2, -0.15) is 0 Å². The van der Waals surface area contributed by atoms with E-state index in [2.05, 4.69) is 4.90 Å². The van der Waals surface area contributed by atoms with Crippen LogP contribution in [0, 0.1) is 0 Å².